The lowest BCUT2D eigenvalue weighted by Crippen LogP contribution is -1.99. The molecule has 1 aromatic carbocycles. The van der Waals surface area contributed by atoms with Gasteiger partial charge in [0.25, 0.3) is 0 Å². The van der Waals surface area contributed by atoms with Gasteiger partial charge < -0.3 is 9.52 Å². The lowest BCUT2D eigenvalue weighted by atomic mass is 10.3. The van der Waals surface area contributed by atoms with Gasteiger partial charge in [-0.15, -0.1) is 10.2 Å². The molecule has 0 fully saturated rings. The number of nitrogens with one attached hydrogen (secondary N) is 1. The highest BCUT2D eigenvalue weighted by Crippen LogP contribution is 2.25. The molecule has 1 unspecified atom stereocenters. The van der Waals surface area contributed by atoms with Crippen LogP contribution in [0.3, 0.4) is 0 Å². The molecular weight excluding hydrogens is 356 g/mol. The summed E-state index contributed by atoms with van der Waals surface area (Å²) in [7, 11) is -3.71. The van der Waals surface area contributed by atoms with Gasteiger partial charge >= 0.3 is 0 Å². The second kappa shape index (κ2) is 6.56. The normalized spacial score (nSPS) is 13.4. The van der Waals surface area contributed by atoms with Gasteiger partial charge in [-0.1, -0.05) is 16.8 Å². The Balaban J connectivity index is 1.81. The van der Waals surface area contributed by atoms with Gasteiger partial charge in [-0.3, -0.25) is 0 Å². The molecule has 8 nitrogen and oxygen atoms in total. The van der Waals surface area contributed by atoms with Crippen molar-refractivity contribution in [2.75, 3.05) is 0 Å². The monoisotopic (exact) mass is 366 g/mol. The zero-order chi connectivity index (χ0) is 17.2. The molecule has 0 radical (unpaired) electrons. The third-order valence-corrected chi connectivity index (χ3v) is 5.08. The SMILES string of the molecule is O=S(=O)(c1ccc(Cl)cc1)c1coc(C=CC(O)c2nn[nH]n2)c1. The summed E-state index contributed by atoms with van der Waals surface area (Å²) in [5, 5.41) is 23.1. The van der Waals surface area contributed by atoms with Crippen LogP contribution in [0.1, 0.15) is 17.7 Å². The fraction of sp³-hybridized carbons (Fsp3) is 0.0714. The van der Waals surface area contributed by atoms with E-state index < -0.39 is 15.9 Å². The molecule has 0 aliphatic heterocycles. The molecule has 0 bridgehead atoms. The Labute approximate surface area is 141 Å². The van der Waals surface area contributed by atoms with Crippen LogP contribution in [0.5, 0.6) is 0 Å². The van der Waals surface area contributed by atoms with E-state index >= 15 is 0 Å². The predicted molar refractivity (Wildman–Crippen MR) is 83.8 cm³/mol. The number of furan rings is 1. The number of H-pyrrole nitrogens is 1. The van der Waals surface area contributed by atoms with Crippen molar-refractivity contribution in [1.29, 1.82) is 0 Å². The van der Waals surface area contributed by atoms with Crippen molar-refractivity contribution >= 4 is 27.5 Å². The van der Waals surface area contributed by atoms with Crippen LogP contribution in [-0.2, 0) is 9.84 Å². The summed E-state index contributed by atoms with van der Waals surface area (Å²) < 4.78 is 30.1. The van der Waals surface area contributed by atoms with E-state index in [0.29, 0.717) is 5.02 Å². The molecule has 2 N–H and O–H groups in total. The third kappa shape index (κ3) is 3.37. The maximum absolute atomic E-state index is 12.5. The smallest absolute Gasteiger partial charge is 0.209 e. The van der Waals surface area contributed by atoms with E-state index in [2.05, 4.69) is 20.6 Å². The first-order valence-corrected chi connectivity index (χ1v) is 8.52. The number of rotatable bonds is 5. The van der Waals surface area contributed by atoms with Crippen molar-refractivity contribution in [1.82, 2.24) is 20.6 Å². The van der Waals surface area contributed by atoms with Crippen molar-refractivity contribution in [2.24, 2.45) is 0 Å². The van der Waals surface area contributed by atoms with Gasteiger partial charge in [-0.25, -0.2) is 8.42 Å². The van der Waals surface area contributed by atoms with Gasteiger partial charge in [0.05, 0.1) is 4.90 Å². The zero-order valence-corrected chi connectivity index (χ0v) is 13.6. The Morgan fingerprint density at radius 3 is 2.67 bits per heavy atom. The van der Waals surface area contributed by atoms with E-state index in [4.69, 9.17) is 16.0 Å². The molecule has 3 rings (SSSR count). The number of hydrogen-bond acceptors (Lipinski definition) is 7. The van der Waals surface area contributed by atoms with E-state index in [1.165, 1.54) is 42.5 Å². The first kappa shape index (κ1) is 16.4. The van der Waals surface area contributed by atoms with E-state index in [9.17, 15) is 13.5 Å². The molecule has 0 spiro atoms. The Morgan fingerprint density at radius 2 is 2.00 bits per heavy atom. The van der Waals surface area contributed by atoms with Crippen LogP contribution in [0.25, 0.3) is 6.08 Å². The molecule has 124 valence electrons. The summed E-state index contributed by atoms with van der Waals surface area (Å²) in [6.07, 6.45) is 2.81. The largest absolute Gasteiger partial charge is 0.464 e. The minimum atomic E-state index is -3.71. The van der Waals surface area contributed by atoms with Crippen LogP contribution < -0.4 is 0 Å². The van der Waals surface area contributed by atoms with Crippen LogP contribution in [0.2, 0.25) is 5.02 Å². The molecular formula is C14H11ClN4O4S. The predicted octanol–water partition coefficient (Wildman–Crippen LogP) is 2.03. The summed E-state index contributed by atoms with van der Waals surface area (Å²) >= 11 is 5.76. The highest BCUT2D eigenvalue weighted by Gasteiger charge is 2.20. The fourth-order valence-corrected chi connectivity index (χ4v) is 3.22. The van der Waals surface area contributed by atoms with Crippen LogP contribution in [0, 0.1) is 0 Å². The molecule has 3 aromatic rings. The van der Waals surface area contributed by atoms with Crippen LogP contribution in [0.15, 0.2) is 56.9 Å². The molecule has 0 saturated carbocycles. The van der Waals surface area contributed by atoms with Gasteiger partial charge in [0.2, 0.25) is 15.7 Å². The molecule has 0 aliphatic rings. The standard InChI is InChI=1S/C14H11ClN4O4S/c15-9-1-4-11(5-2-9)24(21,22)12-7-10(23-8-12)3-6-13(20)14-16-18-19-17-14/h1-8,13,20H,(H,16,17,18,19). The van der Waals surface area contributed by atoms with Crippen molar-refractivity contribution in [3.63, 3.8) is 0 Å². The Bertz CT molecular complexity index is 949. The van der Waals surface area contributed by atoms with Gasteiger partial charge in [-0.05, 0) is 36.4 Å². The molecule has 2 aromatic heterocycles. The Kier molecular flexibility index (Phi) is 4.47. The number of aromatic amines is 1. The summed E-state index contributed by atoms with van der Waals surface area (Å²) in [5.74, 6) is 0.344. The summed E-state index contributed by atoms with van der Waals surface area (Å²) in [4.78, 5) is 0.105. The number of sulfone groups is 1. The lowest BCUT2D eigenvalue weighted by molar-refractivity contribution is 0.219. The van der Waals surface area contributed by atoms with Gasteiger partial charge in [0.1, 0.15) is 23.0 Å². The molecule has 0 saturated heterocycles. The molecule has 24 heavy (non-hydrogen) atoms. The third-order valence-electron chi connectivity index (χ3n) is 3.10. The molecule has 10 heteroatoms. The van der Waals surface area contributed by atoms with Crippen LogP contribution in [0.4, 0.5) is 0 Å². The zero-order valence-electron chi connectivity index (χ0n) is 12.0. The summed E-state index contributed by atoms with van der Waals surface area (Å²) in [5.41, 5.74) is 0. The lowest BCUT2D eigenvalue weighted by Gasteiger charge is -2.00. The van der Waals surface area contributed by atoms with E-state index in [1.54, 1.807) is 0 Å². The van der Waals surface area contributed by atoms with Gasteiger partial charge in [-0.2, -0.15) is 5.21 Å². The topological polar surface area (TPSA) is 122 Å². The Morgan fingerprint density at radius 1 is 1.25 bits per heavy atom. The van der Waals surface area contributed by atoms with Crippen LogP contribution >= 0.6 is 11.6 Å². The van der Waals surface area contributed by atoms with Crippen molar-refractivity contribution in [2.45, 2.75) is 15.9 Å². The molecule has 1 atom stereocenters. The molecule has 0 amide bonds. The number of aliphatic hydroxyl groups excluding tert-OH is 1. The number of aromatic nitrogens is 4. The number of nitrogens with zero attached hydrogens (tertiary/aromatic N) is 3. The second-order valence-corrected chi connectivity index (χ2v) is 7.10. The first-order valence-electron chi connectivity index (χ1n) is 6.65. The minimum Gasteiger partial charge on any atom is -0.464 e. The maximum atomic E-state index is 12.5. The maximum Gasteiger partial charge on any atom is 0.209 e. The minimum absolute atomic E-state index is 0.00137. The summed E-state index contributed by atoms with van der Waals surface area (Å²) in [6.45, 7) is 0. The number of halogens is 1. The average Bonchev–Trinajstić information content (AvgIpc) is 3.25. The van der Waals surface area contributed by atoms with E-state index in [1.807, 2.05) is 0 Å². The number of hydrogen-bond donors (Lipinski definition) is 2. The number of tetrazole rings is 1. The first-order chi connectivity index (χ1) is 11.5. The molecule has 0 aliphatic carbocycles. The second-order valence-electron chi connectivity index (χ2n) is 4.72. The number of benzene rings is 1. The highest BCUT2D eigenvalue weighted by atomic mass is 35.5. The van der Waals surface area contributed by atoms with Gasteiger partial charge in [0.15, 0.2) is 0 Å². The highest BCUT2D eigenvalue weighted by molar-refractivity contribution is 7.91. The van der Waals surface area contributed by atoms with Gasteiger partial charge in [0, 0.05) is 11.1 Å². The van der Waals surface area contributed by atoms with Crippen molar-refractivity contribution in [3.8, 4) is 0 Å². The Hall–Kier alpha value is -2.49. The van der Waals surface area contributed by atoms with E-state index in [0.717, 1.165) is 6.26 Å². The van der Waals surface area contributed by atoms with Crippen molar-refractivity contribution in [3.05, 3.63) is 59.3 Å². The van der Waals surface area contributed by atoms with Crippen molar-refractivity contribution < 1.29 is 17.9 Å². The van der Waals surface area contributed by atoms with Crippen LogP contribution in [-0.4, -0.2) is 34.1 Å². The quantitative estimate of drug-likeness (QED) is 0.708. The average molecular weight is 367 g/mol. The summed E-state index contributed by atoms with van der Waals surface area (Å²) in [6, 6.07) is 7.18. The molecule has 2 heterocycles. The number of aliphatic hydroxyl groups is 1. The van der Waals surface area contributed by atoms with E-state index in [-0.39, 0.29) is 21.4 Å². The fourth-order valence-electron chi connectivity index (χ4n) is 1.88.